The molecule has 0 aliphatic heterocycles. The van der Waals surface area contributed by atoms with Gasteiger partial charge in [-0.05, 0) is 24.6 Å². The minimum Gasteiger partial charge on any atom is -0.484 e. The van der Waals surface area contributed by atoms with Crippen LogP contribution in [0.3, 0.4) is 0 Å². The van der Waals surface area contributed by atoms with Gasteiger partial charge in [0.05, 0.1) is 19.3 Å². The first-order chi connectivity index (χ1) is 14.2. The Morgan fingerprint density at radius 1 is 1.27 bits per heavy atom. The zero-order valence-electron chi connectivity index (χ0n) is 18.8. The molecule has 1 aromatic heterocycles. The number of nitrogens with zero attached hydrogens (tertiary/aromatic N) is 3. The minimum atomic E-state index is -0.0850. The molecule has 0 saturated heterocycles. The molecule has 2 aromatic rings. The van der Waals surface area contributed by atoms with Crippen LogP contribution in [0.1, 0.15) is 44.9 Å². The number of hydrogen-bond acceptors (Lipinski definition) is 5. The summed E-state index contributed by atoms with van der Waals surface area (Å²) in [7, 11) is 3.41. The molecule has 0 saturated carbocycles. The van der Waals surface area contributed by atoms with Gasteiger partial charge in [-0.1, -0.05) is 32.9 Å². The third kappa shape index (κ3) is 7.42. The Morgan fingerprint density at radius 2 is 2.03 bits per heavy atom. The van der Waals surface area contributed by atoms with Crippen molar-refractivity contribution >= 4 is 11.9 Å². The fourth-order valence-corrected chi connectivity index (χ4v) is 2.42. The molecule has 164 valence electrons. The van der Waals surface area contributed by atoms with Gasteiger partial charge in [0.1, 0.15) is 11.5 Å². The highest BCUT2D eigenvalue weighted by Gasteiger charge is 2.19. The van der Waals surface area contributed by atoms with Crippen molar-refractivity contribution in [1.82, 2.24) is 20.5 Å². The van der Waals surface area contributed by atoms with Crippen molar-refractivity contribution in [2.24, 2.45) is 4.99 Å². The number of likely N-dealkylation sites (N-methyl/N-ethyl adjacent to an activating group) is 1. The molecule has 2 N–H and O–H groups in total. The van der Waals surface area contributed by atoms with E-state index in [4.69, 9.17) is 9.15 Å². The van der Waals surface area contributed by atoms with Crippen LogP contribution in [-0.4, -0.2) is 49.0 Å². The van der Waals surface area contributed by atoms with Crippen LogP contribution in [-0.2, 0) is 23.3 Å². The van der Waals surface area contributed by atoms with Crippen molar-refractivity contribution < 1.29 is 13.9 Å². The number of carbonyl (C=O) groups excluding carboxylic acids is 1. The molecular formula is C22H33N5O3. The average molecular weight is 416 g/mol. The molecule has 0 aliphatic carbocycles. The Kier molecular flexibility index (Phi) is 8.26. The van der Waals surface area contributed by atoms with Crippen LogP contribution >= 0.6 is 0 Å². The number of hydrogen-bond donors (Lipinski definition) is 2. The van der Waals surface area contributed by atoms with E-state index >= 15 is 0 Å². The number of ether oxygens (including phenoxy) is 1. The molecule has 0 aliphatic rings. The smallest absolute Gasteiger partial charge is 0.259 e. The quantitative estimate of drug-likeness (QED) is 0.509. The number of carbonyl (C=O) groups is 1. The molecule has 1 aromatic carbocycles. The van der Waals surface area contributed by atoms with Crippen LogP contribution in [0.4, 0.5) is 0 Å². The van der Waals surface area contributed by atoms with Crippen molar-refractivity contribution in [3.8, 4) is 5.75 Å². The maximum atomic E-state index is 11.7. The van der Waals surface area contributed by atoms with E-state index in [2.05, 4.69) is 41.4 Å². The molecule has 0 unspecified atom stereocenters. The molecule has 8 heteroatoms. The third-order valence-corrected chi connectivity index (χ3v) is 4.22. The normalized spacial score (nSPS) is 11.9. The number of aromatic nitrogens is 1. The Morgan fingerprint density at radius 3 is 2.67 bits per heavy atom. The molecule has 0 atom stereocenters. The lowest BCUT2D eigenvalue weighted by Gasteiger charge is -2.13. The maximum absolute atomic E-state index is 11.7. The third-order valence-electron chi connectivity index (χ3n) is 4.22. The summed E-state index contributed by atoms with van der Waals surface area (Å²) in [6, 6.07) is 7.58. The van der Waals surface area contributed by atoms with Gasteiger partial charge in [0.2, 0.25) is 5.89 Å². The molecule has 0 radical (unpaired) electrons. The van der Waals surface area contributed by atoms with Gasteiger partial charge in [-0.15, -0.1) is 0 Å². The van der Waals surface area contributed by atoms with Gasteiger partial charge in [-0.25, -0.2) is 9.98 Å². The van der Waals surface area contributed by atoms with Crippen LogP contribution < -0.4 is 15.4 Å². The van der Waals surface area contributed by atoms with E-state index in [1.165, 1.54) is 4.90 Å². The molecule has 1 heterocycles. The van der Waals surface area contributed by atoms with Crippen molar-refractivity contribution in [3.63, 3.8) is 0 Å². The van der Waals surface area contributed by atoms with Crippen molar-refractivity contribution in [1.29, 1.82) is 0 Å². The highest BCUT2D eigenvalue weighted by molar-refractivity contribution is 5.79. The van der Waals surface area contributed by atoms with E-state index in [9.17, 15) is 4.79 Å². The zero-order chi connectivity index (χ0) is 22.1. The Bertz CT molecular complexity index is 852. The van der Waals surface area contributed by atoms with Gasteiger partial charge in [0.25, 0.3) is 5.91 Å². The first-order valence-corrected chi connectivity index (χ1v) is 10.1. The average Bonchev–Trinajstić information content (AvgIpc) is 3.18. The number of nitrogens with one attached hydrogen (secondary N) is 2. The fourth-order valence-electron chi connectivity index (χ4n) is 2.42. The van der Waals surface area contributed by atoms with Crippen LogP contribution in [0.15, 0.2) is 39.9 Å². The Hall–Kier alpha value is -3.03. The van der Waals surface area contributed by atoms with Crippen LogP contribution in [0.25, 0.3) is 0 Å². The standard InChI is InChI=1S/C22H33N5O3/c1-7-23-21(26-14-19-24-13-18(30-19)22(2,3)4)25-12-16-9-8-10-17(11-16)29-15-20(28)27(5)6/h8-11,13H,7,12,14-15H2,1-6H3,(H2,23,25,26). The molecule has 0 fully saturated rings. The largest absolute Gasteiger partial charge is 0.484 e. The van der Waals surface area contributed by atoms with Crippen LogP contribution in [0, 0.1) is 0 Å². The predicted molar refractivity (Wildman–Crippen MR) is 117 cm³/mol. The van der Waals surface area contributed by atoms with E-state index in [1.807, 2.05) is 31.2 Å². The lowest BCUT2D eigenvalue weighted by molar-refractivity contribution is -0.130. The monoisotopic (exact) mass is 415 g/mol. The summed E-state index contributed by atoms with van der Waals surface area (Å²) in [4.78, 5) is 22.1. The number of amides is 1. The van der Waals surface area contributed by atoms with E-state index in [1.54, 1.807) is 20.3 Å². The van der Waals surface area contributed by atoms with E-state index in [0.717, 1.165) is 17.9 Å². The SMILES string of the molecule is CCNC(=NCc1cccc(OCC(=O)N(C)C)c1)NCc1ncc(C(C)(C)C)o1. The fraction of sp³-hybridized carbons (Fsp3) is 0.500. The highest BCUT2D eigenvalue weighted by Crippen LogP contribution is 2.22. The second kappa shape index (κ2) is 10.7. The van der Waals surface area contributed by atoms with Crippen LogP contribution in [0.2, 0.25) is 0 Å². The summed E-state index contributed by atoms with van der Waals surface area (Å²) in [5.41, 5.74) is 0.904. The van der Waals surface area contributed by atoms with Gasteiger partial charge >= 0.3 is 0 Å². The molecule has 1 amide bonds. The lowest BCUT2D eigenvalue weighted by atomic mass is 9.94. The topological polar surface area (TPSA) is 92.0 Å². The number of oxazole rings is 1. The number of guanidine groups is 1. The molecule has 8 nitrogen and oxygen atoms in total. The van der Waals surface area contributed by atoms with E-state index < -0.39 is 0 Å². The first-order valence-electron chi connectivity index (χ1n) is 10.1. The molecule has 0 bridgehead atoms. The van der Waals surface area contributed by atoms with E-state index in [-0.39, 0.29) is 17.9 Å². The van der Waals surface area contributed by atoms with Gasteiger partial charge in [0, 0.05) is 26.1 Å². The van der Waals surface area contributed by atoms with Gasteiger partial charge in [0.15, 0.2) is 12.6 Å². The summed E-state index contributed by atoms with van der Waals surface area (Å²) >= 11 is 0. The highest BCUT2D eigenvalue weighted by atomic mass is 16.5. The zero-order valence-corrected chi connectivity index (χ0v) is 18.8. The minimum absolute atomic E-state index is 0.0105. The molecular weight excluding hydrogens is 382 g/mol. The summed E-state index contributed by atoms with van der Waals surface area (Å²) in [6.45, 7) is 9.93. The van der Waals surface area contributed by atoms with Crippen LogP contribution in [0.5, 0.6) is 5.75 Å². The van der Waals surface area contributed by atoms with Crippen molar-refractivity contribution in [2.75, 3.05) is 27.2 Å². The second-order valence-electron chi connectivity index (χ2n) is 8.14. The summed E-state index contributed by atoms with van der Waals surface area (Å²) < 4.78 is 11.4. The number of aliphatic imine (C=N–C) groups is 1. The Balaban J connectivity index is 1.96. The molecule has 2 rings (SSSR count). The summed E-state index contributed by atoms with van der Waals surface area (Å²) in [6.07, 6.45) is 1.77. The summed E-state index contributed by atoms with van der Waals surface area (Å²) in [5.74, 6) is 2.70. The Labute approximate surface area is 178 Å². The number of rotatable bonds is 8. The lowest BCUT2D eigenvalue weighted by Crippen LogP contribution is -2.36. The molecule has 30 heavy (non-hydrogen) atoms. The van der Waals surface area contributed by atoms with Gasteiger partial charge < -0.3 is 24.7 Å². The predicted octanol–water partition coefficient (Wildman–Crippen LogP) is 2.69. The number of benzene rings is 1. The van der Waals surface area contributed by atoms with Gasteiger partial charge in [-0.3, -0.25) is 4.79 Å². The van der Waals surface area contributed by atoms with Crippen molar-refractivity contribution in [3.05, 3.63) is 47.7 Å². The maximum Gasteiger partial charge on any atom is 0.259 e. The first kappa shape index (κ1) is 23.3. The van der Waals surface area contributed by atoms with Gasteiger partial charge in [-0.2, -0.15) is 0 Å². The van der Waals surface area contributed by atoms with E-state index in [0.29, 0.717) is 30.7 Å². The summed E-state index contributed by atoms with van der Waals surface area (Å²) in [5, 5.41) is 6.46. The molecule has 0 spiro atoms. The second-order valence-corrected chi connectivity index (χ2v) is 8.14. The van der Waals surface area contributed by atoms with Crippen molar-refractivity contribution in [2.45, 2.75) is 46.2 Å².